The van der Waals surface area contributed by atoms with Crippen LogP contribution in [0.4, 0.5) is 0 Å². The first kappa shape index (κ1) is 9.74. The molecule has 0 saturated heterocycles. The molecule has 0 bridgehead atoms. The van der Waals surface area contributed by atoms with Gasteiger partial charge in [-0.3, -0.25) is 0 Å². The number of hydrogen-bond donors (Lipinski definition) is 3. The number of fused-ring (bicyclic) bond motifs is 1. The topological polar surface area (TPSA) is 97.6 Å². The Labute approximate surface area is 131 Å². The molecule has 1 heterocycles. The summed E-state index contributed by atoms with van der Waals surface area (Å²) in [6.45, 7) is -7.64. The molecule has 116 valence electrons. The molecule has 1 aromatic carbocycles. The van der Waals surface area contributed by atoms with Crippen LogP contribution in [0.5, 0.6) is 0 Å². The van der Waals surface area contributed by atoms with Gasteiger partial charge in [-0.2, -0.15) is 0 Å². The van der Waals surface area contributed by atoms with Gasteiger partial charge in [0.15, 0.2) is 6.73 Å². The van der Waals surface area contributed by atoms with Crippen LogP contribution in [0, 0.1) is 0 Å². The van der Waals surface area contributed by atoms with Crippen LogP contribution >= 0.6 is 7.82 Å². The Morgan fingerprint density at radius 2 is 2.24 bits per heavy atom. The van der Waals surface area contributed by atoms with E-state index in [4.69, 9.17) is 8.22 Å². The molecule has 2 aromatic rings. The maximum Gasteiger partial charge on any atom is 0.493 e. The van der Waals surface area contributed by atoms with Crippen LogP contribution in [-0.4, -0.2) is 41.6 Å². The average Bonchev–Trinajstić information content (AvgIpc) is 2.96. The van der Waals surface area contributed by atoms with Crippen LogP contribution in [-0.2, 0) is 20.1 Å². The van der Waals surface area contributed by atoms with Gasteiger partial charge < -0.3 is 14.4 Å². The Bertz CT molecular complexity index is 823. The molecule has 1 unspecified atom stereocenters. The second kappa shape index (κ2) is 6.27. The number of likely N-dealkylation sites (N-methyl/N-ethyl adjacent to an activating group) is 1. The largest absolute Gasteiger partial charge is 0.493 e. The lowest BCUT2D eigenvalue weighted by atomic mass is 10.1. The molecule has 7 nitrogen and oxygen atoms in total. The molecule has 0 fully saturated rings. The molecule has 21 heavy (non-hydrogen) atoms. The highest BCUT2D eigenvalue weighted by atomic mass is 31.2. The lowest BCUT2D eigenvalue weighted by Crippen LogP contribution is -2.42. The van der Waals surface area contributed by atoms with E-state index in [-0.39, 0.29) is 6.42 Å². The standard InChI is InChI=1S/C13H20N3O4P/c1-16(2,10-19-21(17,18)20-14)8-7-11-9-15-13-6-4-3-5-12(11)13/h3-6,9,15H,7-8,10,14H2,1-2H3/p+1/i1D3,2D3. The smallest absolute Gasteiger partial charge is 0.361 e. The summed E-state index contributed by atoms with van der Waals surface area (Å²) in [5.41, 5.74) is 1.53. The number of rotatable bonds is 7. The number of nitrogens with zero attached hydrogens (tertiary/aromatic N) is 1. The van der Waals surface area contributed by atoms with Crippen LogP contribution in [0.2, 0.25) is 0 Å². The van der Waals surface area contributed by atoms with Crippen molar-refractivity contribution in [2.75, 3.05) is 27.2 Å². The Hall–Kier alpha value is -1.21. The van der Waals surface area contributed by atoms with E-state index < -0.39 is 39.5 Å². The van der Waals surface area contributed by atoms with Gasteiger partial charge in [0.05, 0.1) is 28.7 Å². The first-order valence-corrected chi connectivity index (χ1v) is 7.61. The molecule has 0 aliphatic rings. The number of para-hydroxylation sites is 1. The van der Waals surface area contributed by atoms with E-state index in [9.17, 15) is 9.46 Å². The fourth-order valence-electron chi connectivity index (χ4n) is 1.92. The van der Waals surface area contributed by atoms with Gasteiger partial charge >= 0.3 is 7.82 Å². The van der Waals surface area contributed by atoms with Crippen LogP contribution in [0.3, 0.4) is 0 Å². The second-order valence-corrected chi connectivity index (χ2v) is 6.04. The van der Waals surface area contributed by atoms with Crippen LogP contribution in [0.1, 0.15) is 13.8 Å². The number of benzene rings is 1. The number of H-pyrrole nitrogens is 1. The third kappa shape index (κ3) is 4.38. The first-order valence-electron chi connectivity index (χ1n) is 9.11. The summed E-state index contributed by atoms with van der Waals surface area (Å²) in [5.74, 6) is 4.64. The highest BCUT2D eigenvalue weighted by Crippen LogP contribution is 2.41. The van der Waals surface area contributed by atoms with Crippen molar-refractivity contribution in [2.45, 2.75) is 6.42 Å². The number of quaternary nitrogens is 1. The van der Waals surface area contributed by atoms with E-state index in [2.05, 4.69) is 20.0 Å². The zero-order valence-electron chi connectivity index (χ0n) is 17.2. The van der Waals surface area contributed by atoms with E-state index >= 15 is 0 Å². The third-order valence-corrected chi connectivity index (χ3v) is 3.72. The predicted octanol–water partition coefficient (Wildman–Crippen LogP) is 1.75. The molecule has 0 spiro atoms. The van der Waals surface area contributed by atoms with E-state index in [0.29, 0.717) is 5.56 Å². The van der Waals surface area contributed by atoms with Gasteiger partial charge in [0, 0.05) is 23.5 Å². The zero-order valence-corrected chi connectivity index (χ0v) is 12.0. The fourth-order valence-corrected chi connectivity index (χ4v) is 2.32. The summed E-state index contributed by atoms with van der Waals surface area (Å²) < 4.78 is 64.9. The molecule has 8 heteroatoms. The predicted molar refractivity (Wildman–Crippen MR) is 80.0 cm³/mol. The van der Waals surface area contributed by atoms with Crippen molar-refractivity contribution in [3.63, 3.8) is 0 Å². The lowest BCUT2D eigenvalue weighted by molar-refractivity contribution is -0.906. The van der Waals surface area contributed by atoms with Crippen molar-refractivity contribution in [1.82, 2.24) is 4.98 Å². The van der Waals surface area contributed by atoms with Crippen LogP contribution < -0.4 is 5.90 Å². The van der Waals surface area contributed by atoms with Crippen molar-refractivity contribution >= 4 is 18.7 Å². The monoisotopic (exact) mass is 320 g/mol. The molecule has 0 radical (unpaired) electrons. The molecular weight excluding hydrogens is 293 g/mol. The fraction of sp³-hybridized carbons (Fsp3) is 0.385. The van der Waals surface area contributed by atoms with Crippen molar-refractivity contribution < 1.29 is 31.3 Å². The zero-order chi connectivity index (χ0) is 20.5. The lowest BCUT2D eigenvalue weighted by Gasteiger charge is -2.29. The molecule has 0 saturated carbocycles. The minimum absolute atomic E-state index is 0.0728. The van der Waals surface area contributed by atoms with Crippen molar-refractivity contribution in [3.8, 4) is 0 Å². The van der Waals surface area contributed by atoms with E-state index in [1.54, 1.807) is 12.3 Å². The van der Waals surface area contributed by atoms with E-state index in [1.807, 2.05) is 18.2 Å². The maximum absolute atomic E-state index is 11.5. The molecule has 2 rings (SSSR count). The number of hydrogen-bond acceptors (Lipinski definition) is 4. The summed E-state index contributed by atoms with van der Waals surface area (Å²) in [6.07, 6.45) is 1.74. The number of phosphoric ester groups is 1. The van der Waals surface area contributed by atoms with Crippen molar-refractivity contribution in [2.24, 2.45) is 5.90 Å². The highest BCUT2D eigenvalue weighted by molar-refractivity contribution is 7.47. The van der Waals surface area contributed by atoms with Crippen molar-refractivity contribution in [3.05, 3.63) is 36.0 Å². The molecular formula is C13H21N3O4P+. The second-order valence-electron chi connectivity index (χ2n) is 4.63. The summed E-state index contributed by atoms with van der Waals surface area (Å²) >= 11 is 0. The van der Waals surface area contributed by atoms with Gasteiger partial charge in [-0.15, -0.1) is 0 Å². The summed E-state index contributed by atoms with van der Waals surface area (Å²) in [7, 11) is -4.78. The van der Waals surface area contributed by atoms with Gasteiger partial charge in [0.2, 0.25) is 0 Å². The molecule has 0 aliphatic carbocycles. The Balaban J connectivity index is 2.37. The Kier molecular flexibility index (Phi) is 2.91. The molecule has 1 atom stereocenters. The quantitative estimate of drug-likeness (QED) is 0.312. The van der Waals surface area contributed by atoms with Gasteiger partial charge in [0.25, 0.3) is 0 Å². The first-order chi connectivity index (χ1) is 12.3. The maximum atomic E-state index is 11.5. The van der Waals surface area contributed by atoms with Crippen molar-refractivity contribution in [1.29, 1.82) is 0 Å². The summed E-state index contributed by atoms with van der Waals surface area (Å²) in [6, 6.07) is 7.28. The van der Waals surface area contributed by atoms with Gasteiger partial charge in [-0.1, -0.05) is 18.2 Å². The Morgan fingerprint density at radius 1 is 1.48 bits per heavy atom. The third-order valence-electron chi connectivity index (χ3n) is 3.01. The summed E-state index contributed by atoms with van der Waals surface area (Å²) in [5, 5.41) is 0.825. The van der Waals surface area contributed by atoms with Gasteiger partial charge in [0.1, 0.15) is 0 Å². The highest BCUT2D eigenvalue weighted by Gasteiger charge is 2.26. The average molecular weight is 320 g/mol. The number of phosphoric acid groups is 1. The number of nitrogens with two attached hydrogens (primary N) is 1. The molecule has 4 N–H and O–H groups in total. The number of nitrogens with one attached hydrogen (secondary N) is 1. The molecule has 1 aromatic heterocycles. The molecule has 0 amide bonds. The SMILES string of the molecule is [2H]C([2H])([2H])[N+](CCc1c[nH]c2ccccc12)(COP(=O)(O)ON)C([2H])([2H])[2H]. The number of aromatic amines is 1. The van der Waals surface area contributed by atoms with Crippen LogP contribution in [0.25, 0.3) is 10.9 Å². The minimum atomic E-state index is -4.78. The normalized spacial score (nSPS) is 20.7. The minimum Gasteiger partial charge on any atom is -0.361 e. The van der Waals surface area contributed by atoms with Gasteiger partial charge in [-0.05, 0) is 11.6 Å². The van der Waals surface area contributed by atoms with Gasteiger partial charge in [-0.25, -0.2) is 19.6 Å². The van der Waals surface area contributed by atoms with Crippen LogP contribution in [0.15, 0.2) is 30.5 Å². The summed E-state index contributed by atoms with van der Waals surface area (Å²) in [4.78, 5) is 12.3. The van der Waals surface area contributed by atoms with E-state index in [1.165, 1.54) is 0 Å². The number of aromatic nitrogens is 1. The Morgan fingerprint density at radius 3 is 2.95 bits per heavy atom. The van der Waals surface area contributed by atoms with E-state index in [0.717, 1.165) is 10.9 Å². The molecule has 0 aliphatic heterocycles.